The number of ether oxygens (including phenoxy) is 1. The lowest BCUT2D eigenvalue weighted by molar-refractivity contribution is -0.150. The Morgan fingerprint density at radius 3 is 2.50 bits per heavy atom. The molecule has 0 aliphatic heterocycles. The van der Waals surface area contributed by atoms with Gasteiger partial charge in [-0.05, 0) is 74.8 Å². The zero-order valence-corrected chi connectivity index (χ0v) is 21.1. The molecule has 1 aromatic heterocycles. The predicted octanol–water partition coefficient (Wildman–Crippen LogP) is 4.28. The number of amides is 1. The number of hydrogen-bond donors (Lipinski definition) is 1. The van der Waals surface area contributed by atoms with Crippen LogP contribution < -0.4 is 10.9 Å². The molecule has 1 aromatic carbocycles. The van der Waals surface area contributed by atoms with Crippen molar-refractivity contribution in [3.05, 3.63) is 68.6 Å². The van der Waals surface area contributed by atoms with Crippen LogP contribution in [0.2, 0.25) is 0 Å². The van der Waals surface area contributed by atoms with Crippen molar-refractivity contribution in [3.8, 4) is 6.07 Å². The molecule has 1 heterocycles. The molecule has 0 bridgehead atoms. The number of carbonyl (C=O) groups excluding carboxylic acids is 2. The Labute approximate surface area is 212 Å². The number of carbonyl (C=O) groups is 2. The summed E-state index contributed by atoms with van der Waals surface area (Å²) in [4.78, 5) is 39.7. The Bertz CT molecular complexity index is 1190. The molecule has 36 heavy (non-hydrogen) atoms. The van der Waals surface area contributed by atoms with Gasteiger partial charge in [0.2, 0.25) is 0 Å². The molecule has 4 rings (SSSR count). The Kier molecular flexibility index (Phi) is 8.58. The lowest BCUT2D eigenvalue weighted by Crippen LogP contribution is -2.47. The first-order valence-electron chi connectivity index (χ1n) is 13.2. The number of aryl methyl sites for hydroxylation is 1. The SMILES string of the molecule is CCOC(=O)C1CCCCC1NC(=O)c1cc2c(n(Cc3ccc(C#N)cc3)c1=O)CCCCCC2. The molecule has 2 unspecified atom stereocenters. The van der Waals surface area contributed by atoms with Crippen LogP contribution in [0, 0.1) is 17.2 Å². The Balaban J connectivity index is 1.68. The molecule has 2 aliphatic carbocycles. The molecule has 1 saturated carbocycles. The maximum absolute atomic E-state index is 13.7. The summed E-state index contributed by atoms with van der Waals surface area (Å²) in [6.07, 6.45) is 9.15. The van der Waals surface area contributed by atoms with Crippen LogP contribution >= 0.6 is 0 Å². The molecule has 0 saturated heterocycles. The average Bonchev–Trinajstić information content (AvgIpc) is 2.87. The van der Waals surface area contributed by atoms with E-state index in [0.29, 0.717) is 31.6 Å². The summed E-state index contributed by atoms with van der Waals surface area (Å²) in [6.45, 7) is 2.44. The molecule has 0 radical (unpaired) electrons. The number of benzene rings is 1. The molecule has 2 aliphatic rings. The fourth-order valence-corrected chi connectivity index (χ4v) is 5.51. The molecule has 0 spiro atoms. The summed E-state index contributed by atoms with van der Waals surface area (Å²) in [5, 5.41) is 12.1. The third kappa shape index (κ3) is 5.87. The van der Waals surface area contributed by atoms with E-state index in [1.165, 1.54) is 0 Å². The molecular weight excluding hydrogens is 454 g/mol. The van der Waals surface area contributed by atoms with Crippen LogP contribution in [0.3, 0.4) is 0 Å². The van der Waals surface area contributed by atoms with Crippen molar-refractivity contribution in [2.24, 2.45) is 5.92 Å². The van der Waals surface area contributed by atoms with Crippen LogP contribution in [0.15, 0.2) is 35.1 Å². The van der Waals surface area contributed by atoms with Crippen molar-refractivity contribution >= 4 is 11.9 Å². The van der Waals surface area contributed by atoms with Crippen LogP contribution in [0.1, 0.15) is 91.0 Å². The van der Waals surface area contributed by atoms with E-state index in [1.54, 1.807) is 29.7 Å². The monoisotopic (exact) mass is 489 g/mol. The lowest BCUT2D eigenvalue weighted by Gasteiger charge is -2.30. The van der Waals surface area contributed by atoms with E-state index in [-0.39, 0.29) is 29.1 Å². The van der Waals surface area contributed by atoms with E-state index in [9.17, 15) is 14.4 Å². The summed E-state index contributed by atoms with van der Waals surface area (Å²) in [5.41, 5.74) is 3.36. The van der Waals surface area contributed by atoms with Crippen molar-refractivity contribution in [2.75, 3.05) is 6.61 Å². The topological polar surface area (TPSA) is 101 Å². The zero-order chi connectivity index (χ0) is 25.5. The highest BCUT2D eigenvalue weighted by molar-refractivity contribution is 5.94. The standard InChI is InChI=1S/C29H35N3O4/c1-2-36-29(35)23-10-7-8-11-25(23)31-27(33)24-17-22-9-5-3-4-6-12-26(22)32(28(24)34)19-21-15-13-20(18-30)14-16-21/h13-17,23,25H,2-12,19H2,1H3,(H,31,33). The van der Waals surface area contributed by atoms with Gasteiger partial charge in [-0.3, -0.25) is 14.4 Å². The number of nitriles is 1. The molecule has 1 N–H and O–H groups in total. The zero-order valence-electron chi connectivity index (χ0n) is 21.1. The minimum Gasteiger partial charge on any atom is -0.466 e. The smallest absolute Gasteiger partial charge is 0.311 e. The minimum absolute atomic E-state index is 0.135. The maximum atomic E-state index is 13.7. The number of rotatable bonds is 6. The van der Waals surface area contributed by atoms with E-state index in [0.717, 1.165) is 68.2 Å². The minimum atomic E-state index is -0.417. The summed E-state index contributed by atoms with van der Waals surface area (Å²) < 4.78 is 7.00. The number of fused-ring (bicyclic) bond motifs is 1. The van der Waals surface area contributed by atoms with E-state index >= 15 is 0 Å². The number of esters is 1. The van der Waals surface area contributed by atoms with Gasteiger partial charge >= 0.3 is 5.97 Å². The highest BCUT2D eigenvalue weighted by Crippen LogP contribution is 2.26. The first kappa shape index (κ1) is 25.7. The Hall–Kier alpha value is -3.40. The van der Waals surface area contributed by atoms with Gasteiger partial charge in [0.1, 0.15) is 5.56 Å². The Morgan fingerprint density at radius 1 is 1.06 bits per heavy atom. The van der Waals surface area contributed by atoms with Gasteiger partial charge in [-0.25, -0.2) is 0 Å². The van der Waals surface area contributed by atoms with Crippen LogP contribution in [0.25, 0.3) is 0 Å². The fourth-order valence-electron chi connectivity index (χ4n) is 5.51. The quantitative estimate of drug-likeness (QED) is 0.611. The molecule has 1 fully saturated rings. The second-order valence-electron chi connectivity index (χ2n) is 9.87. The number of pyridine rings is 1. The summed E-state index contributed by atoms with van der Waals surface area (Å²) in [7, 11) is 0. The number of aromatic nitrogens is 1. The molecule has 2 atom stereocenters. The number of nitrogens with one attached hydrogen (secondary N) is 1. The van der Waals surface area contributed by atoms with E-state index < -0.39 is 5.91 Å². The second kappa shape index (κ2) is 12.0. The van der Waals surface area contributed by atoms with Crippen LogP contribution in [0.5, 0.6) is 0 Å². The van der Waals surface area contributed by atoms with E-state index in [1.807, 2.05) is 12.1 Å². The van der Waals surface area contributed by atoms with Crippen molar-refractivity contribution in [2.45, 2.75) is 83.7 Å². The normalized spacial score (nSPS) is 19.8. The predicted molar refractivity (Wildman–Crippen MR) is 137 cm³/mol. The Morgan fingerprint density at radius 2 is 1.78 bits per heavy atom. The first-order chi connectivity index (χ1) is 17.5. The van der Waals surface area contributed by atoms with E-state index in [4.69, 9.17) is 10.00 Å². The highest BCUT2D eigenvalue weighted by Gasteiger charge is 2.34. The second-order valence-corrected chi connectivity index (χ2v) is 9.87. The number of hydrogen-bond acceptors (Lipinski definition) is 5. The van der Waals surface area contributed by atoms with Gasteiger partial charge in [0.05, 0.1) is 30.7 Å². The van der Waals surface area contributed by atoms with Gasteiger partial charge < -0.3 is 14.6 Å². The maximum Gasteiger partial charge on any atom is 0.311 e. The van der Waals surface area contributed by atoms with Gasteiger partial charge in [-0.1, -0.05) is 37.8 Å². The lowest BCUT2D eigenvalue weighted by atomic mass is 9.84. The molecular formula is C29H35N3O4. The largest absolute Gasteiger partial charge is 0.466 e. The summed E-state index contributed by atoms with van der Waals surface area (Å²) in [6, 6.07) is 10.8. The molecule has 2 aromatic rings. The van der Waals surface area contributed by atoms with Gasteiger partial charge in [0.15, 0.2) is 0 Å². The molecule has 1 amide bonds. The molecule has 7 nitrogen and oxygen atoms in total. The van der Waals surface area contributed by atoms with Crippen LogP contribution in [-0.2, 0) is 28.9 Å². The summed E-state index contributed by atoms with van der Waals surface area (Å²) >= 11 is 0. The van der Waals surface area contributed by atoms with Gasteiger partial charge in [-0.15, -0.1) is 0 Å². The van der Waals surface area contributed by atoms with Gasteiger partial charge in [-0.2, -0.15) is 5.26 Å². The van der Waals surface area contributed by atoms with Crippen molar-refractivity contribution in [1.82, 2.24) is 9.88 Å². The van der Waals surface area contributed by atoms with Crippen molar-refractivity contribution in [1.29, 1.82) is 5.26 Å². The first-order valence-corrected chi connectivity index (χ1v) is 13.2. The van der Waals surface area contributed by atoms with Gasteiger partial charge in [0.25, 0.3) is 11.5 Å². The van der Waals surface area contributed by atoms with Crippen LogP contribution in [0.4, 0.5) is 0 Å². The summed E-state index contributed by atoms with van der Waals surface area (Å²) in [5.74, 6) is -1.08. The highest BCUT2D eigenvalue weighted by atomic mass is 16.5. The van der Waals surface area contributed by atoms with Gasteiger partial charge in [0, 0.05) is 11.7 Å². The van der Waals surface area contributed by atoms with Crippen molar-refractivity contribution in [3.63, 3.8) is 0 Å². The third-order valence-corrected chi connectivity index (χ3v) is 7.44. The van der Waals surface area contributed by atoms with E-state index in [2.05, 4.69) is 11.4 Å². The molecule has 7 heteroatoms. The van der Waals surface area contributed by atoms with Crippen molar-refractivity contribution < 1.29 is 14.3 Å². The van der Waals surface area contributed by atoms with Crippen LogP contribution in [-0.4, -0.2) is 29.1 Å². The fraction of sp³-hybridized carbons (Fsp3) is 0.517. The number of nitrogens with zero attached hydrogens (tertiary/aromatic N) is 2. The third-order valence-electron chi connectivity index (χ3n) is 7.44. The average molecular weight is 490 g/mol. The molecule has 190 valence electrons.